The number of halogens is 2. The Balaban J connectivity index is 1.75. The molecule has 4 aromatic heterocycles. The van der Waals surface area contributed by atoms with Crippen molar-refractivity contribution in [1.82, 2.24) is 0 Å². The fourth-order valence-electron chi connectivity index (χ4n) is 2.57. The van der Waals surface area contributed by atoms with Crippen LogP contribution < -0.4 is 0 Å². The monoisotopic (exact) mass is 514 g/mol. The first-order chi connectivity index (χ1) is 11.5. The zero-order valence-electron chi connectivity index (χ0n) is 12.9. The zero-order valence-corrected chi connectivity index (χ0v) is 19.3. The molecule has 0 fully saturated rings. The van der Waals surface area contributed by atoms with E-state index in [1.807, 2.05) is 22.7 Å². The fraction of sp³-hybridized carbons (Fsp3) is 0.111. The third kappa shape index (κ3) is 3.24. The van der Waals surface area contributed by atoms with Gasteiger partial charge in [-0.3, -0.25) is 0 Å². The molecule has 0 saturated carbocycles. The SMILES string of the molecule is Cc1cc(-c2cc(C)c(-c3ccc(Br)s3)s2)sc1-c1ccc(Br)s1. The van der Waals surface area contributed by atoms with E-state index in [0.29, 0.717) is 0 Å². The Morgan fingerprint density at radius 3 is 1.33 bits per heavy atom. The molecule has 122 valence electrons. The summed E-state index contributed by atoms with van der Waals surface area (Å²) < 4.78 is 2.37. The average molecular weight is 516 g/mol. The van der Waals surface area contributed by atoms with E-state index in [2.05, 4.69) is 82.1 Å². The normalized spacial score (nSPS) is 11.3. The summed E-state index contributed by atoms with van der Waals surface area (Å²) in [7, 11) is 0. The van der Waals surface area contributed by atoms with Crippen LogP contribution in [0.3, 0.4) is 0 Å². The van der Waals surface area contributed by atoms with Crippen LogP contribution >= 0.6 is 77.2 Å². The molecule has 0 nitrogen and oxygen atoms in total. The second kappa shape index (κ2) is 6.82. The first kappa shape index (κ1) is 17.2. The van der Waals surface area contributed by atoms with E-state index in [0.717, 1.165) is 0 Å². The van der Waals surface area contributed by atoms with Gasteiger partial charge in [-0.2, -0.15) is 0 Å². The molecule has 4 rings (SSSR count). The Labute approximate surface area is 174 Å². The molecule has 0 bridgehead atoms. The summed E-state index contributed by atoms with van der Waals surface area (Å²) in [6.45, 7) is 4.42. The Hall–Kier alpha value is -0.240. The molecule has 0 radical (unpaired) electrons. The minimum Gasteiger partial charge on any atom is -0.133 e. The first-order valence-corrected chi connectivity index (χ1v) is 12.1. The van der Waals surface area contributed by atoms with Gasteiger partial charge in [0.15, 0.2) is 0 Å². The van der Waals surface area contributed by atoms with Gasteiger partial charge in [0.2, 0.25) is 0 Å². The van der Waals surface area contributed by atoms with E-state index < -0.39 is 0 Å². The van der Waals surface area contributed by atoms with E-state index in [1.165, 1.54) is 48.0 Å². The molecule has 4 heterocycles. The van der Waals surface area contributed by atoms with Crippen LogP contribution in [-0.2, 0) is 0 Å². The number of rotatable bonds is 3. The molecule has 24 heavy (non-hydrogen) atoms. The summed E-state index contributed by atoms with van der Waals surface area (Å²) >= 11 is 14.5. The molecule has 0 spiro atoms. The summed E-state index contributed by atoms with van der Waals surface area (Å²) in [5, 5.41) is 0. The zero-order chi connectivity index (χ0) is 16.8. The predicted octanol–water partition coefficient (Wildman–Crippen LogP) is 9.08. The molecular formula is C18H12Br2S4. The summed E-state index contributed by atoms with van der Waals surface area (Å²) in [5.41, 5.74) is 2.71. The highest BCUT2D eigenvalue weighted by Gasteiger charge is 2.15. The maximum Gasteiger partial charge on any atom is 0.0705 e. The van der Waals surface area contributed by atoms with Crippen molar-refractivity contribution in [2.24, 2.45) is 0 Å². The van der Waals surface area contributed by atoms with Gasteiger partial charge in [-0.1, -0.05) is 0 Å². The van der Waals surface area contributed by atoms with Crippen molar-refractivity contribution in [2.45, 2.75) is 13.8 Å². The lowest BCUT2D eigenvalue weighted by molar-refractivity contribution is 1.54. The molecule has 0 atom stereocenters. The van der Waals surface area contributed by atoms with Gasteiger partial charge in [-0.05, 0) is 93.2 Å². The molecule has 0 aliphatic heterocycles. The molecule has 0 unspecified atom stereocenters. The highest BCUT2D eigenvalue weighted by atomic mass is 79.9. The van der Waals surface area contributed by atoms with Crippen molar-refractivity contribution in [3.63, 3.8) is 0 Å². The molecule has 0 amide bonds. The van der Waals surface area contributed by atoms with Crippen molar-refractivity contribution < 1.29 is 0 Å². The average Bonchev–Trinajstić information content (AvgIpc) is 3.27. The quantitative estimate of drug-likeness (QED) is 0.255. The maximum atomic E-state index is 3.57. The summed E-state index contributed by atoms with van der Waals surface area (Å²) in [4.78, 5) is 8.17. The number of thiophene rings is 4. The van der Waals surface area contributed by atoms with Crippen LogP contribution in [0.4, 0.5) is 0 Å². The van der Waals surface area contributed by atoms with Crippen molar-refractivity contribution in [3.05, 3.63) is 55.1 Å². The van der Waals surface area contributed by atoms with Crippen LogP contribution in [0.15, 0.2) is 44.0 Å². The molecular weight excluding hydrogens is 504 g/mol. The van der Waals surface area contributed by atoms with Gasteiger partial charge in [0.1, 0.15) is 0 Å². The molecule has 0 saturated heterocycles. The second-order valence-corrected chi connectivity index (χ2v) is 12.5. The van der Waals surface area contributed by atoms with Gasteiger partial charge >= 0.3 is 0 Å². The third-order valence-corrected chi connectivity index (χ3v) is 9.95. The topological polar surface area (TPSA) is 0 Å². The van der Waals surface area contributed by atoms with Gasteiger partial charge in [-0.15, -0.1) is 45.3 Å². The Bertz CT molecular complexity index is 933. The third-order valence-electron chi connectivity index (χ3n) is 3.67. The Morgan fingerprint density at radius 1 is 0.583 bits per heavy atom. The summed E-state index contributed by atoms with van der Waals surface area (Å²) in [5.74, 6) is 0. The molecule has 0 N–H and O–H groups in total. The number of aryl methyl sites for hydroxylation is 2. The second-order valence-electron chi connectivity index (χ2n) is 5.45. The predicted molar refractivity (Wildman–Crippen MR) is 119 cm³/mol. The lowest BCUT2D eigenvalue weighted by Crippen LogP contribution is -1.66. The largest absolute Gasteiger partial charge is 0.133 e. The van der Waals surface area contributed by atoms with Crippen LogP contribution in [0.25, 0.3) is 29.3 Å². The van der Waals surface area contributed by atoms with E-state index in [4.69, 9.17) is 0 Å². The van der Waals surface area contributed by atoms with E-state index in [1.54, 1.807) is 22.7 Å². The van der Waals surface area contributed by atoms with Gasteiger partial charge < -0.3 is 0 Å². The van der Waals surface area contributed by atoms with E-state index in [9.17, 15) is 0 Å². The summed E-state index contributed by atoms with van der Waals surface area (Å²) in [6, 6.07) is 13.3. The molecule has 0 aliphatic rings. The van der Waals surface area contributed by atoms with Gasteiger partial charge in [-0.25, -0.2) is 0 Å². The number of hydrogen-bond acceptors (Lipinski definition) is 4. The van der Waals surface area contributed by atoms with Crippen LogP contribution in [0.2, 0.25) is 0 Å². The van der Waals surface area contributed by atoms with Crippen LogP contribution in [0.1, 0.15) is 11.1 Å². The molecule has 4 aromatic rings. The van der Waals surface area contributed by atoms with E-state index >= 15 is 0 Å². The van der Waals surface area contributed by atoms with Crippen molar-refractivity contribution in [2.75, 3.05) is 0 Å². The van der Waals surface area contributed by atoms with E-state index in [-0.39, 0.29) is 0 Å². The lowest BCUT2D eigenvalue weighted by atomic mass is 10.2. The molecule has 6 heteroatoms. The fourth-order valence-corrected chi connectivity index (χ4v) is 8.11. The van der Waals surface area contributed by atoms with Crippen molar-refractivity contribution >= 4 is 77.2 Å². The highest BCUT2D eigenvalue weighted by Crippen LogP contribution is 2.46. The molecule has 0 aromatic carbocycles. The Kier molecular flexibility index (Phi) is 4.88. The van der Waals surface area contributed by atoms with Gasteiger partial charge in [0.05, 0.1) is 7.57 Å². The van der Waals surface area contributed by atoms with Crippen molar-refractivity contribution in [1.29, 1.82) is 0 Å². The van der Waals surface area contributed by atoms with Crippen LogP contribution in [0.5, 0.6) is 0 Å². The van der Waals surface area contributed by atoms with Gasteiger partial charge in [0.25, 0.3) is 0 Å². The van der Waals surface area contributed by atoms with Crippen LogP contribution in [0, 0.1) is 13.8 Å². The minimum atomic E-state index is 1.18. The standard InChI is InChI=1S/C18H12Br2S4/c1-9-7-13(23-17(9)11-3-5-15(19)21-11)14-8-10(2)18(24-14)12-4-6-16(20)22-12/h3-8H,1-2H3. The minimum absolute atomic E-state index is 1.18. The Morgan fingerprint density at radius 2 is 1.00 bits per heavy atom. The maximum absolute atomic E-state index is 3.57. The first-order valence-electron chi connectivity index (χ1n) is 7.24. The smallest absolute Gasteiger partial charge is 0.0705 e. The van der Waals surface area contributed by atoms with Crippen LogP contribution in [-0.4, -0.2) is 0 Å². The highest BCUT2D eigenvalue weighted by molar-refractivity contribution is 9.11. The number of hydrogen-bond donors (Lipinski definition) is 0. The molecule has 0 aliphatic carbocycles. The van der Waals surface area contributed by atoms with Gasteiger partial charge in [0, 0.05) is 29.3 Å². The summed E-state index contributed by atoms with van der Waals surface area (Å²) in [6.07, 6.45) is 0. The lowest BCUT2D eigenvalue weighted by Gasteiger charge is -1.93. The van der Waals surface area contributed by atoms with Crippen molar-refractivity contribution in [3.8, 4) is 29.3 Å².